The van der Waals surface area contributed by atoms with Crippen LogP contribution in [-0.2, 0) is 16.0 Å². The number of carbonyl (C=O) groups is 3. The Morgan fingerprint density at radius 1 is 0.828 bits per heavy atom. The van der Waals surface area contributed by atoms with Crippen LogP contribution >= 0.6 is 0 Å². The fourth-order valence-corrected chi connectivity index (χ4v) is 3.42. The number of rotatable bonds is 7. The zero-order valence-corrected chi connectivity index (χ0v) is 16.2. The first kappa shape index (κ1) is 20.5. The van der Waals surface area contributed by atoms with Crippen molar-refractivity contribution in [3.05, 3.63) is 59.7 Å². The van der Waals surface area contributed by atoms with Gasteiger partial charge in [0.25, 0.3) is 0 Å². The van der Waals surface area contributed by atoms with E-state index in [1.807, 2.05) is 0 Å². The number of likely N-dealkylation sites (tertiary alicyclic amines) is 1. The van der Waals surface area contributed by atoms with E-state index in [-0.39, 0.29) is 23.8 Å². The smallest absolute Gasteiger partial charge is 0.335 e. The van der Waals surface area contributed by atoms with Crippen LogP contribution in [0.4, 0.5) is 11.4 Å². The maximum atomic E-state index is 12.3. The van der Waals surface area contributed by atoms with Crippen molar-refractivity contribution in [1.82, 2.24) is 4.90 Å². The quantitative estimate of drug-likeness (QED) is 0.669. The van der Waals surface area contributed by atoms with Crippen molar-refractivity contribution in [3.63, 3.8) is 0 Å². The minimum atomic E-state index is -1.06. The van der Waals surface area contributed by atoms with Gasteiger partial charge in [-0.15, -0.1) is 0 Å². The summed E-state index contributed by atoms with van der Waals surface area (Å²) in [6.07, 6.45) is 3.47. The van der Waals surface area contributed by atoms with Gasteiger partial charge in [0.15, 0.2) is 0 Å². The van der Waals surface area contributed by atoms with Gasteiger partial charge in [-0.3, -0.25) is 14.5 Å². The van der Waals surface area contributed by atoms with Crippen molar-refractivity contribution in [1.29, 1.82) is 0 Å². The summed E-state index contributed by atoms with van der Waals surface area (Å²) in [5.74, 6) is -1.41. The minimum absolute atomic E-state index is 0.0310. The Kier molecular flexibility index (Phi) is 6.97. The highest BCUT2D eigenvalue weighted by molar-refractivity contribution is 5.96. The standard InChI is InChI=1S/C22H25N3O4/c26-20(14-16-6-2-3-7-19(16)22(28)29)23-17-8-10-18(11-9-17)24-21(27)15-25-12-4-1-5-13-25/h2-3,6-11H,1,4-5,12-15H2,(H,23,26)(H,24,27)(H,28,29). The van der Waals surface area contributed by atoms with E-state index in [2.05, 4.69) is 15.5 Å². The second kappa shape index (κ2) is 9.84. The molecular formula is C22H25N3O4. The lowest BCUT2D eigenvalue weighted by atomic mass is 10.0. The number of carboxylic acid groups (broad SMARTS) is 1. The molecule has 0 atom stereocenters. The average Bonchev–Trinajstić information content (AvgIpc) is 2.70. The first-order chi connectivity index (χ1) is 14.0. The second-order valence-electron chi connectivity index (χ2n) is 7.15. The van der Waals surface area contributed by atoms with Crippen LogP contribution in [0.25, 0.3) is 0 Å². The van der Waals surface area contributed by atoms with Gasteiger partial charge in [-0.1, -0.05) is 24.6 Å². The second-order valence-corrected chi connectivity index (χ2v) is 7.15. The molecule has 152 valence electrons. The van der Waals surface area contributed by atoms with Crippen LogP contribution in [-0.4, -0.2) is 47.4 Å². The summed E-state index contributed by atoms with van der Waals surface area (Å²) in [5, 5.41) is 14.8. The molecule has 3 rings (SSSR count). The fourth-order valence-electron chi connectivity index (χ4n) is 3.42. The Labute approximate surface area is 169 Å². The van der Waals surface area contributed by atoms with Gasteiger partial charge in [-0.25, -0.2) is 4.79 Å². The number of piperidine rings is 1. The molecule has 1 aliphatic heterocycles. The summed E-state index contributed by atoms with van der Waals surface area (Å²) in [6, 6.07) is 13.3. The van der Waals surface area contributed by atoms with Gasteiger partial charge in [0, 0.05) is 11.4 Å². The van der Waals surface area contributed by atoms with E-state index in [0.29, 0.717) is 23.5 Å². The number of hydrogen-bond acceptors (Lipinski definition) is 4. The highest BCUT2D eigenvalue weighted by atomic mass is 16.4. The molecule has 7 heteroatoms. The molecule has 0 aliphatic carbocycles. The molecule has 2 amide bonds. The van der Waals surface area contributed by atoms with E-state index in [1.165, 1.54) is 12.5 Å². The van der Waals surface area contributed by atoms with Gasteiger partial charge in [0.05, 0.1) is 18.5 Å². The van der Waals surface area contributed by atoms with Crippen molar-refractivity contribution in [3.8, 4) is 0 Å². The van der Waals surface area contributed by atoms with Gasteiger partial charge < -0.3 is 15.7 Å². The van der Waals surface area contributed by atoms with Crippen LogP contribution in [0.1, 0.15) is 35.2 Å². The lowest BCUT2D eigenvalue weighted by molar-refractivity contribution is -0.117. The summed E-state index contributed by atoms with van der Waals surface area (Å²) < 4.78 is 0. The molecule has 2 aromatic rings. The highest BCUT2D eigenvalue weighted by Gasteiger charge is 2.14. The predicted molar refractivity (Wildman–Crippen MR) is 111 cm³/mol. The van der Waals surface area contributed by atoms with Crippen LogP contribution in [0.2, 0.25) is 0 Å². The maximum absolute atomic E-state index is 12.3. The molecule has 7 nitrogen and oxygen atoms in total. The molecule has 0 aromatic heterocycles. The number of hydrogen-bond donors (Lipinski definition) is 3. The van der Waals surface area contributed by atoms with Crippen LogP contribution in [0.15, 0.2) is 48.5 Å². The van der Waals surface area contributed by atoms with Crippen LogP contribution in [0.5, 0.6) is 0 Å². The molecule has 0 radical (unpaired) electrons. The molecular weight excluding hydrogens is 370 g/mol. The third kappa shape index (κ3) is 6.15. The molecule has 0 saturated carbocycles. The largest absolute Gasteiger partial charge is 0.478 e. The average molecular weight is 395 g/mol. The Morgan fingerprint density at radius 2 is 1.41 bits per heavy atom. The fraction of sp³-hybridized carbons (Fsp3) is 0.318. The summed E-state index contributed by atoms with van der Waals surface area (Å²) in [5.41, 5.74) is 1.83. The predicted octanol–water partition coefficient (Wildman–Crippen LogP) is 2.99. The molecule has 0 spiro atoms. The van der Waals surface area contributed by atoms with Crippen molar-refractivity contribution in [2.24, 2.45) is 0 Å². The molecule has 1 saturated heterocycles. The normalized spacial score (nSPS) is 14.2. The van der Waals surface area contributed by atoms with Crippen LogP contribution in [0, 0.1) is 0 Å². The Morgan fingerprint density at radius 3 is 2.03 bits per heavy atom. The summed E-state index contributed by atoms with van der Waals surface area (Å²) in [6.45, 7) is 2.31. The molecule has 1 aliphatic rings. The molecule has 3 N–H and O–H groups in total. The van der Waals surface area contributed by atoms with Crippen molar-refractivity contribution < 1.29 is 19.5 Å². The first-order valence-corrected chi connectivity index (χ1v) is 9.74. The molecule has 0 unspecified atom stereocenters. The lowest BCUT2D eigenvalue weighted by Crippen LogP contribution is -2.36. The monoisotopic (exact) mass is 395 g/mol. The summed E-state index contributed by atoms with van der Waals surface area (Å²) >= 11 is 0. The summed E-state index contributed by atoms with van der Waals surface area (Å²) in [7, 11) is 0. The minimum Gasteiger partial charge on any atom is -0.478 e. The van der Waals surface area contributed by atoms with E-state index in [1.54, 1.807) is 42.5 Å². The van der Waals surface area contributed by atoms with Gasteiger partial charge in [-0.05, 0) is 61.8 Å². The Hall–Kier alpha value is -3.19. The van der Waals surface area contributed by atoms with Crippen LogP contribution < -0.4 is 10.6 Å². The van der Waals surface area contributed by atoms with Gasteiger partial charge in [-0.2, -0.15) is 0 Å². The highest BCUT2D eigenvalue weighted by Crippen LogP contribution is 2.16. The van der Waals surface area contributed by atoms with Crippen molar-refractivity contribution in [2.45, 2.75) is 25.7 Å². The number of amides is 2. The van der Waals surface area contributed by atoms with Crippen molar-refractivity contribution in [2.75, 3.05) is 30.3 Å². The maximum Gasteiger partial charge on any atom is 0.335 e. The van der Waals surface area contributed by atoms with E-state index in [0.717, 1.165) is 25.9 Å². The Bertz CT molecular complexity index is 874. The first-order valence-electron chi connectivity index (χ1n) is 9.74. The van der Waals surface area contributed by atoms with Crippen molar-refractivity contribution >= 4 is 29.2 Å². The lowest BCUT2D eigenvalue weighted by Gasteiger charge is -2.25. The Balaban J connectivity index is 1.51. The number of benzene rings is 2. The van der Waals surface area contributed by atoms with Gasteiger partial charge >= 0.3 is 5.97 Å². The molecule has 1 fully saturated rings. The topological polar surface area (TPSA) is 98.7 Å². The number of nitrogens with zero attached hydrogens (tertiary/aromatic N) is 1. The third-order valence-corrected chi connectivity index (χ3v) is 4.87. The SMILES string of the molecule is O=C(Cc1ccccc1C(=O)O)Nc1ccc(NC(=O)CN2CCCCC2)cc1. The molecule has 29 heavy (non-hydrogen) atoms. The molecule has 0 bridgehead atoms. The number of nitrogens with one attached hydrogen (secondary N) is 2. The molecule has 1 heterocycles. The van der Waals surface area contributed by atoms with E-state index in [9.17, 15) is 19.5 Å². The number of carbonyl (C=O) groups excluding carboxylic acids is 2. The van der Waals surface area contributed by atoms with E-state index >= 15 is 0 Å². The third-order valence-electron chi connectivity index (χ3n) is 4.87. The molecule has 2 aromatic carbocycles. The summed E-state index contributed by atoms with van der Waals surface area (Å²) in [4.78, 5) is 37.8. The van der Waals surface area contributed by atoms with E-state index in [4.69, 9.17) is 0 Å². The number of aromatic carboxylic acids is 1. The van der Waals surface area contributed by atoms with Gasteiger partial charge in [0.1, 0.15) is 0 Å². The zero-order chi connectivity index (χ0) is 20.6. The van der Waals surface area contributed by atoms with Gasteiger partial charge in [0.2, 0.25) is 11.8 Å². The number of carboxylic acids is 1. The van der Waals surface area contributed by atoms with Crippen LogP contribution in [0.3, 0.4) is 0 Å². The zero-order valence-electron chi connectivity index (χ0n) is 16.2. The van der Waals surface area contributed by atoms with E-state index < -0.39 is 5.97 Å². The number of anilines is 2.